The van der Waals surface area contributed by atoms with Gasteiger partial charge in [0.25, 0.3) is 0 Å². The predicted molar refractivity (Wildman–Crippen MR) is 109 cm³/mol. The molecule has 5 nitrogen and oxygen atoms in total. The van der Waals surface area contributed by atoms with Gasteiger partial charge in [-0.05, 0) is 42.3 Å². The summed E-state index contributed by atoms with van der Waals surface area (Å²) in [6.07, 6.45) is 0.293. The van der Waals surface area contributed by atoms with Crippen molar-refractivity contribution in [1.82, 2.24) is 4.90 Å². The smallest absolute Gasteiger partial charge is 0.324 e. The molecule has 0 bridgehead atoms. The molecule has 0 radical (unpaired) electrons. The van der Waals surface area contributed by atoms with Crippen molar-refractivity contribution in [2.75, 3.05) is 25.1 Å². The number of amides is 2. The Labute approximate surface area is 168 Å². The predicted octanol–water partition coefficient (Wildman–Crippen LogP) is 4.38. The van der Waals surface area contributed by atoms with Crippen molar-refractivity contribution in [2.24, 2.45) is 5.92 Å². The van der Waals surface area contributed by atoms with Crippen LogP contribution in [0.5, 0.6) is 0 Å². The van der Waals surface area contributed by atoms with Crippen molar-refractivity contribution in [3.05, 3.63) is 64.1 Å². The number of aryl methyl sites for hydroxylation is 1. The van der Waals surface area contributed by atoms with Gasteiger partial charge in [0.1, 0.15) is 0 Å². The maximum Gasteiger partial charge on any atom is 0.324 e. The molecule has 0 N–H and O–H groups in total. The Bertz CT molecular complexity index is 822. The third-order valence-electron chi connectivity index (χ3n) is 4.86. The fourth-order valence-corrected chi connectivity index (χ4v) is 3.63. The van der Waals surface area contributed by atoms with Crippen LogP contribution in [0, 0.1) is 12.8 Å². The van der Waals surface area contributed by atoms with E-state index in [9.17, 15) is 9.59 Å². The number of carbonyl (C=O) groups excluding carboxylic acids is 2. The van der Waals surface area contributed by atoms with Crippen LogP contribution in [0.2, 0.25) is 0 Å². The second-order valence-corrected chi connectivity index (χ2v) is 7.74. The summed E-state index contributed by atoms with van der Waals surface area (Å²) in [4.78, 5) is 28.5. The lowest BCUT2D eigenvalue weighted by Crippen LogP contribution is -2.53. The highest BCUT2D eigenvalue weighted by Gasteiger charge is 2.34. The van der Waals surface area contributed by atoms with Gasteiger partial charge in [-0.15, -0.1) is 0 Å². The summed E-state index contributed by atoms with van der Waals surface area (Å²) in [5.41, 5.74) is 3.09. The van der Waals surface area contributed by atoms with E-state index in [1.807, 2.05) is 60.4 Å². The average Bonchev–Trinajstić information content (AvgIpc) is 2.66. The van der Waals surface area contributed by atoms with Gasteiger partial charge < -0.3 is 9.64 Å². The lowest BCUT2D eigenvalue weighted by atomic mass is 10.00. The molecule has 2 aromatic carbocycles. The lowest BCUT2D eigenvalue weighted by molar-refractivity contribution is -0.141. The minimum Gasteiger partial charge on any atom is -0.469 e. The SMILES string of the molecule is COC(=O)CC1CN(Cc2ccccc2C)C(=O)N(c2ccc(Br)cc2)C1. The van der Waals surface area contributed by atoms with Crippen LogP contribution in [0.25, 0.3) is 0 Å². The zero-order chi connectivity index (χ0) is 19.4. The summed E-state index contributed by atoms with van der Waals surface area (Å²) in [5, 5.41) is 0. The van der Waals surface area contributed by atoms with E-state index in [1.165, 1.54) is 7.11 Å². The highest BCUT2D eigenvalue weighted by atomic mass is 79.9. The molecule has 2 aromatic rings. The van der Waals surface area contributed by atoms with Gasteiger partial charge in [0.2, 0.25) is 0 Å². The Hall–Kier alpha value is -2.34. The van der Waals surface area contributed by atoms with Crippen LogP contribution in [0.3, 0.4) is 0 Å². The maximum absolute atomic E-state index is 13.2. The van der Waals surface area contributed by atoms with Crippen molar-refractivity contribution in [1.29, 1.82) is 0 Å². The van der Waals surface area contributed by atoms with E-state index in [1.54, 1.807) is 4.90 Å². The fraction of sp³-hybridized carbons (Fsp3) is 0.333. The summed E-state index contributed by atoms with van der Waals surface area (Å²) < 4.78 is 5.80. The van der Waals surface area contributed by atoms with Crippen LogP contribution < -0.4 is 4.90 Å². The summed E-state index contributed by atoms with van der Waals surface area (Å²) in [6.45, 7) is 3.60. The van der Waals surface area contributed by atoms with Crippen LogP contribution in [0.1, 0.15) is 17.5 Å². The maximum atomic E-state index is 13.2. The molecule has 1 aliphatic rings. The van der Waals surface area contributed by atoms with Crippen molar-refractivity contribution >= 4 is 33.6 Å². The molecular weight excluding hydrogens is 408 g/mol. The Kier molecular flexibility index (Phi) is 6.16. The number of hydrogen-bond acceptors (Lipinski definition) is 3. The van der Waals surface area contributed by atoms with Gasteiger partial charge in [0.05, 0.1) is 13.5 Å². The Morgan fingerprint density at radius 2 is 1.85 bits per heavy atom. The van der Waals surface area contributed by atoms with E-state index in [0.717, 1.165) is 21.3 Å². The molecule has 27 heavy (non-hydrogen) atoms. The molecule has 0 aliphatic carbocycles. The van der Waals surface area contributed by atoms with Crippen LogP contribution in [-0.4, -0.2) is 37.1 Å². The first-order valence-electron chi connectivity index (χ1n) is 8.91. The highest BCUT2D eigenvalue weighted by Crippen LogP contribution is 2.27. The van der Waals surface area contributed by atoms with Gasteiger partial charge in [-0.3, -0.25) is 9.69 Å². The van der Waals surface area contributed by atoms with E-state index < -0.39 is 0 Å². The van der Waals surface area contributed by atoms with Gasteiger partial charge in [0.15, 0.2) is 0 Å². The molecule has 1 atom stereocenters. The Morgan fingerprint density at radius 1 is 1.15 bits per heavy atom. The molecule has 0 spiro atoms. The second kappa shape index (κ2) is 8.57. The van der Waals surface area contributed by atoms with Crippen LogP contribution in [-0.2, 0) is 16.1 Å². The zero-order valence-corrected chi connectivity index (χ0v) is 17.1. The van der Waals surface area contributed by atoms with Gasteiger partial charge in [-0.1, -0.05) is 40.2 Å². The molecule has 0 aromatic heterocycles. The highest BCUT2D eigenvalue weighted by molar-refractivity contribution is 9.10. The molecule has 6 heteroatoms. The third-order valence-corrected chi connectivity index (χ3v) is 5.39. The standard InChI is InChI=1S/C21H23BrN2O3/c1-15-5-3-4-6-17(15)14-23-12-16(11-20(25)27-2)13-24(21(23)26)19-9-7-18(22)8-10-19/h3-10,16H,11-14H2,1-2H3. The first-order chi connectivity index (χ1) is 13.0. The molecule has 1 aliphatic heterocycles. The molecule has 142 valence electrons. The monoisotopic (exact) mass is 430 g/mol. The summed E-state index contributed by atoms with van der Waals surface area (Å²) in [5.74, 6) is -0.233. The Balaban J connectivity index is 1.86. The second-order valence-electron chi connectivity index (χ2n) is 6.82. The first kappa shape index (κ1) is 19.4. The van der Waals surface area contributed by atoms with Gasteiger partial charge in [0, 0.05) is 35.7 Å². The number of methoxy groups -OCH3 is 1. The topological polar surface area (TPSA) is 49.9 Å². The number of hydrogen-bond donors (Lipinski definition) is 0. The number of nitrogens with zero attached hydrogens (tertiary/aromatic N) is 2. The molecule has 1 heterocycles. The van der Waals surface area contributed by atoms with E-state index in [4.69, 9.17) is 4.74 Å². The minimum absolute atomic E-state index is 0.0165. The van der Waals surface area contributed by atoms with Gasteiger partial charge in [-0.2, -0.15) is 0 Å². The number of benzene rings is 2. The number of rotatable bonds is 5. The molecule has 0 saturated carbocycles. The lowest BCUT2D eigenvalue weighted by Gasteiger charge is -2.40. The summed E-state index contributed by atoms with van der Waals surface area (Å²) in [7, 11) is 1.40. The Morgan fingerprint density at radius 3 is 2.52 bits per heavy atom. The number of urea groups is 1. The minimum atomic E-state index is -0.249. The van der Waals surface area contributed by atoms with E-state index in [2.05, 4.69) is 15.9 Å². The van der Waals surface area contributed by atoms with Crippen molar-refractivity contribution in [3.8, 4) is 0 Å². The number of halogens is 1. The number of ether oxygens (including phenoxy) is 1. The van der Waals surface area contributed by atoms with Crippen LogP contribution in [0.15, 0.2) is 53.0 Å². The van der Waals surface area contributed by atoms with Crippen LogP contribution in [0.4, 0.5) is 10.5 Å². The van der Waals surface area contributed by atoms with E-state index in [-0.39, 0.29) is 17.9 Å². The zero-order valence-electron chi connectivity index (χ0n) is 15.5. The average molecular weight is 431 g/mol. The molecule has 2 amide bonds. The third kappa shape index (κ3) is 4.69. The van der Waals surface area contributed by atoms with Crippen molar-refractivity contribution < 1.29 is 14.3 Å². The fourth-order valence-electron chi connectivity index (χ4n) is 3.36. The molecule has 3 rings (SSSR count). The largest absolute Gasteiger partial charge is 0.469 e. The van der Waals surface area contributed by atoms with Gasteiger partial charge in [-0.25, -0.2) is 4.79 Å². The molecule has 1 saturated heterocycles. The number of esters is 1. The van der Waals surface area contributed by atoms with E-state index >= 15 is 0 Å². The molecule has 1 unspecified atom stereocenters. The van der Waals surface area contributed by atoms with Gasteiger partial charge >= 0.3 is 12.0 Å². The number of anilines is 1. The number of carbonyl (C=O) groups is 2. The first-order valence-corrected chi connectivity index (χ1v) is 9.70. The normalized spacial score (nSPS) is 17.1. The van der Waals surface area contributed by atoms with Crippen LogP contribution >= 0.6 is 15.9 Å². The quantitative estimate of drug-likeness (QED) is 0.661. The molecule has 1 fully saturated rings. The summed E-state index contributed by atoms with van der Waals surface area (Å²) in [6, 6.07) is 15.7. The van der Waals surface area contributed by atoms with Crippen molar-refractivity contribution in [3.63, 3.8) is 0 Å². The summed E-state index contributed by atoms with van der Waals surface area (Å²) >= 11 is 3.43. The van der Waals surface area contributed by atoms with E-state index in [0.29, 0.717) is 26.1 Å². The molecular formula is C21H23BrN2O3. The van der Waals surface area contributed by atoms with Crippen molar-refractivity contribution in [2.45, 2.75) is 19.9 Å².